The number of nitrogens with zero attached hydrogens (tertiary/aromatic N) is 1. The Labute approximate surface area is 105 Å². The van der Waals surface area contributed by atoms with E-state index in [1.54, 1.807) is 6.92 Å². The van der Waals surface area contributed by atoms with Gasteiger partial charge in [-0.25, -0.2) is 4.39 Å². The molecule has 0 bridgehead atoms. The molecule has 1 aromatic carbocycles. The summed E-state index contributed by atoms with van der Waals surface area (Å²) < 4.78 is 13.7. The molecule has 1 unspecified atom stereocenters. The molecule has 2 N–H and O–H groups in total. The van der Waals surface area contributed by atoms with Gasteiger partial charge in [-0.3, -0.25) is 10.1 Å². The molecule has 0 saturated carbocycles. The lowest BCUT2D eigenvalue weighted by atomic mass is 10.1. The van der Waals surface area contributed by atoms with Crippen molar-refractivity contribution in [2.75, 3.05) is 25.0 Å². The Morgan fingerprint density at radius 3 is 3.00 bits per heavy atom. The fourth-order valence-corrected chi connectivity index (χ4v) is 2.15. The maximum Gasteiger partial charge on any atom is 0.275 e. The lowest BCUT2D eigenvalue weighted by molar-refractivity contribution is -0.385. The molecule has 1 aliphatic rings. The van der Waals surface area contributed by atoms with Crippen LogP contribution in [-0.4, -0.2) is 24.6 Å². The number of hydrogen-bond acceptors (Lipinski definition) is 4. The first-order chi connectivity index (χ1) is 8.58. The van der Waals surface area contributed by atoms with Gasteiger partial charge >= 0.3 is 0 Å². The molecule has 18 heavy (non-hydrogen) atoms. The second kappa shape index (κ2) is 5.30. The molecular formula is C12H16FN3O2. The molecule has 1 aliphatic heterocycles. The van der Waals surface area contributed by atoms with E-state index in [9.17, 15) is 14.5 Å². The summed E-state index contributed by atoms with van der Waals surface area (Å²) >= 11 is 0. The number of anilines is 1. The third-order valence-corrected chi connectivity index (χ3v) is 3.23. The van der Waals surface area contributed by atoms with Crippen molar-refractivity contribution in [3.05, 3.63) is 33.6 Å². The molecule has 1 aromatic rings. The van der Waals surface area contributed by atoms with E-state index in [0.717, 1.165) is 25.6 Å². The van der Waals surface area contributed by atoms with E-state index in [-0.39, 0.29) is 5.69 Å². The summed E-state index contributed by atoms with van der Waals surface area (Å²) in [7, 11) is 0. The summed E-state index contributed by atoms with van der Waals surface area (Å²) in [6.45, 7) is 4.22. The number of nitro benzene ring substituents is 1. The standard InChI is InChI=1S/C12H16FN3O2/c1-8-4-11(10(13)5-12(8)16(17)18)15-7-9-2-3-14-6-9/h4-5,9,14-15H,2-3,6-7H2,1H3. The van der Waals surface area contributed by atoms with Gasteiger partial charge in [0.25, 0.3) is 5.69 Å². The minimum Gasteiger partial charge on any atom is -0.382 e. The fourth-order valence-electron chi connectivity index (χ4n) is 2.15. The van der Waals surface area contributed by atoms with Gasteiger partial charge in [0.05, 0.1) is 16.7 Å². The highest BCUT2D eigenvalue weighted by Gasteiger charge is 2.17. The predicted octanol–water partition coefficient (Wildman–Crippen LogP) is 2.06. The first kappa shape index (κ1) is 12.8. The van der Waals surface area contributed by atoms with E-state index in [4.69, 9.17) is 0 Å². The summed E-state index contributed by atoms with van der Waals surface area (Å²) in [5.74, 6) is -0.0850. The van der Waals surface area contributed by atoms with Crippen LogP contribution in [0.3, 0.4) is 0 Å². The molecule has 6 heteroatoms. The van der Waals surface area contributed by atoms with Crippen LogP contribution in [0.2, 0.25) is 0 Å². The predicted molar refractivity (Wildman–Crippen MR) is 67.3 cm³/mol. The highest BCUT2D eigenvalue weighted by molar-refractivity contribution is 5.54. The van der Waals surface area contributed by atoms with Crippen LogP contribution in [0.4, 0.5) is 15.8 Å². The molecule has 1 atom stereocenters. The Morgan fingerprint density at radius 2 is 2.39 bits per heavy atom. The maximum absolute atomic E-state index is 13.7. The maximum atomic E-state index is 13.7. The number of nitrogens with one attached hydrogen (secondary N) is 2. The summed E-state index contributed by atoms with van der Waals surface area (Å²) in [6.07, 6.45) is 1.07. The minimum absolute atomic E-state index is 0.180. The van der Waals surface area contributed by atoms with Crippen LogP contribution >= 0.6 is 0 Å². The number of aryl methyl sites for hydroxylation is 1. The monoisotopic (exact) mass is 253 g/mol. The smallest absolute Gasteiger partial charge is 0.275 e. The van der Waals surface area contributed by atoms with Crippen LogP contribution in [0, 0.1) is 28.8 Å². The molecule has 1 fully saturated rings. The number of rotatable bonds is 4. The summed E-state index contributed by atoms with van der Waals surface area (Å²) in [4.78, 5) is 10.1. The van der Waals surface area contributed by atoms with Crippen molar-refractivity contribution in [3.8, 4) is 0 Å². The van der Waals surface area contributed by atoms with Crippen LogP contribution in [-0.2, 0) is 0 Å². The van der Waals surface area contributed by atoms with Gasteiger partial charge in [0.15, 0.2) is 5.82 Å². The summed E-state index contributed by atoms with van der Waals surface area (Å²) in [6, 6.07) is 2.47. The van der Waals surface area contributed by atoms with Gasteiger partial charge in [0, 0.05) is 12.1 Å². The largest absolute Gasteiger partial charge is 0.382 e. The van der Waals surface area contributed by atoms with Crippen molar-refractivity contribution in [1.29, 1.82) is 0 Å². The SMILES string of the molecule is Cc1cc(NCC2CCNC2)c(F)cc1[N+](=O)[O-]. The first-order valence-corrected chi connectivity index (χ1v) is 5.97. The van der Waals surface area contributed by atoms with Crippen LogP contribution < -0.4 is 10.6 Å². The topological polar surface area (TPSA) is 67.2 Å². The van der Waals surface area contributed by atoms with Crippen molar-refractivity contribution in [2.24, 2.45) is 5.92 Å². The van der Waals surface area contributed by atoms with E-state index in [1.165, 1.54) is 6.07 Å². The quantitative estimate of drug-likeness (QED) is 0.636. The zero-order valence-electron chi connectivity index (χ0n) is 10.2. The lowest BCUT2D eigenvalue weighted by Gasteiger charge is -2.12. The second-order valence-corrected chi connectivity index (χ2v) is 4.62. The number of hydrogen-bond donors (Lipinski definition) is 2. The highest BCUT2D eigenvalue weighted by Crippen LogP contribution is 2.25. The number of benzene rings is 1. The second-order valence-electron chi connectivity index (χ2n) is 4.62. The molecule has 1 heterocycles. The third kappa shape index (κ3) is 2.76. The van der Waals surface area contributed by atoms with Crippen molar-refractivity contribution in [2.45, 2.75) is 13.3 Å². The molecular weight excluding hydrogens is 237 g/mol. The molecule has 0 aliphatic carbocycles. The van der Waals surface area contributed by atoms with Crippen molar-refractivity contribution in [3.63, 3.8) is 0 Å². The van der Waals surface area contributed by atoms with E-state index in [1.807, 2.05) is 0 Å². The van der Waals surface area contributed by atoms with Gasteiger partial charge in [-0.05, 0) is 38.4 Å². The first-order valence-electron chi connectivity index (χ1n) is 5.97. The molecule has 0 spiro atoms. The van der Waals surface area contributed by atoms with Gasteiger partial charge in [0.1, 0.15) is 0 Å². The third-order valence-electron chi connectivity index (χ3n) is 3.23. The zero-order chi connectivity index (χ0) is 13.1. The van der Waals surface area contributed by atoms with E-state index in [0.29, 0.717) is 23.7 Å². The highest BCUT2D eigenvalue weighted by atomic mass is 19.1. The molecule has 1 saturated heterocycles. The zero-order valence-corrected chi connectivity index (χ0v) is 10.2. The average molecular weight is 253 g/mol. The number of nitro groups is 1. The van der Waals surface area contributed by atoms with Crippen molar-refractivity contribution in [1.82, 2.24) is 5.32 Å². The van der Waals surface area contributed by atoms with Crippen LogP contribution in [0.1, 0.15) is 12.0 Å². The summed E-state index contributed by atoms with van der Waals surface area (Å²) in [5, 5.41) is 16.9. The molecule has 2 rings (SSSR count). The lowest BCUT2D eigenvalue weighted by Crippen LogP contribution is -2.17. The normalized spacial score (nSPS) is 18.9. The Bertz CT molecular complexity index is 459. The van der Waals surface area contributed by atoms with Gasteiger partial charge in [-0.1, -0.05) is 0 Å². The Kier molecular flexibility index (Phi) is 3.76. The summed E-state index contributed by atoms with van der Waals surface area (Å²) in [5.41, 5.74) is 0.624. The average Bonchev–Trinajstić information content (AvgIpc) is 2.82. The molecule has 0 aromatic heterocycles. The molecule has 5 nitrogen and oxygen atoms in total. The Morgan fingerprint density at radius 1 is 1.61 bits per heavy atom. The van der Waals surface area contributed by atoms with Gasteiger partial charge < -0.3 is 10.6 Å². The Balaban J connectivity index is 2.08. The van der Waals surface area contributed by atoms with E-state index in [2.05, 4.69) is 10.6 Å². The molecule has 98 valence electrons. The number of halogens is 1. The van der Waals surface area contributed by atoms with Crippen molar-refractivity contribution >= 4 is 11.4 Å². The fraction of sp³-hybridized carbons (Fsp3) is 0.500. The molecule has 0 amide bonds. The Hall–Kier alpha value is -1.69. The van der Waals surface area contributed by atoms with Crippen LogP contribution in [0.15, 0.2) is 12.1 Å². The van der Waals surface area contributed by atoms with Crippen LogP contribution in [0.25, 0.3) is 0 Å². The molecule has 0 radical (unpaired) electrons. The van der Waals surface area contributed by atoms with E-state index >= 15 is 0 Å². The minimum atomic E-state index is -0.571. The van der Waals surface area contributed by atoms with Crippen molar-refractivity contribution < 1.29 is 9.31 Å². The van der Waals surface area contributed by atoms with E-state index < -0.39 is 10.7 Å². The van der Waals surface area contributed by atoms with Gasteiger partial charge in [0.2, 0.25) is 0 Å². The van der Waals surface area contributed by atoms with Crippen LogP contribution in [0.5, 0.6) is 0 Å². The van der Waals surface area contributed by atoms with Gasteiger partial charge in [-0.2, -0.15) is 0 Å². The van der Waals surface area contributed by atoms with Gasteiger partial charge in [-0.15, -0.1) is 0 Å².